The van der Waals surface area contributed by atoms with Gasteiger partial charge in [0.25, 0.3) is 5.91 Å². The maximum absolute atomic E-state index is 12.5. The van der Waals surface area contributed by atoms with E-state index in [1.54, 1.807) is 0 Å². The minimum atomic E-state index is 0.0209. The van der Waals surface area contributed by atoms with Crippen molar-refractivity contribution in [2.75, 3.05) is 26.2 Å². The van der Waals surface area contributed by atoms with E-state index in [-0.39, 0.29) is 11.9 Å². The Labute approximate surface area is 167 Å². The highest BCUT2D eigenvalue weighted by molar-refractivity contribution is 7.17. The number of benzene rings is 1. The van der Waals surface area contributed by atoms with Crippen LogP contribution in [0.4, 0.5) is 0 Å². The average molecular weight is 389 g/mol. The molecule has 2 aromatic rings. The van der Waals surface area contributed by atoms with Crippen molar-refractivity contribution in [3.63, 3.8) is 0 Å². The monoisotopic (exact) mass is 388 g/mol. The van der Waals surface area contributed by atoms with Gasteiger partial charge >= 0.3 is 0 Å². The molecule has 1 amide bonds. The van der Waals surface area contributed by atoms with Crippen LogP contribution in [0.1, 0.15) is 50.2 Å². The van der Waals surface area contributed by atoms with Crippen molar-refractivity contribution in [1.29, 1.82) is 0 Å². The van der Waals surface area contributed by atoms with Crippen molar-refractivity contribution < 1.29 is 9.53 Å². The Bertz CT molecular complexity index is 693. The largest absolute Gasteiger partial charge is 0.494 e. The Hall–Kier alpha value is -1.85. The third kappa shape index (κ3) is 6.67. The lowest BCUT2D eigenvalue weighted by Crippen LogP contribution is -2.33. The SMILES string of the molecule is CCOc1ccc(-c2ccc(C(=O)NC(C)CCCN(CC)CC)s2)cc1. The molecule has 1 aromatic carbocycles. The van der Waals surface area contributed by atoms with Gasteiger partial charge in [0, 0.05) is 10.9 Å². The van der Waals surface area contributed by atoms with Gasteiger partial charge in [0.2, 0.25) is 0 Å². The molecular formula is C22H32N2O2S. The molecule has 1 atom stereocenters. The molecule has 0 saturated heterocycles. The van der Waals surface area contributed by atoms with Crippen molar-refractivity contribution in [2.24, 2.45) is 0 Å². The van der Waals surface area contributed by atoms with Crippen LogP contribution in [-0.4, -0.2) is 43.1 Å². The Balaban J connectivity index is 1.86. The first kappa shape index (κ1) is 21.5. The summed E-state index contributed by atoms with van der Waals surface area (Å²) in [6, 6.07) is 12.1. The fourth-order valence-corrected chi connectivity index (χ4v) is 3.94. The standard InChI is InChI=1S/C22H32N2O2S/c1-5-24(6-2)16-8-9-17(4)23-22(25)21-15-14-20(27-21)18-10-12-19(13-11-18)26-7-3/h10-15,17H,5-9,16H2,1-4H3,(H,23,25). The van der Waals surface area contributed by atoms with E-state index in [0.29, 0.717) is 6.61 Å². The van der Waals surface area contributed by atoms with Crippen molar-refractivity contribution in [3.8, 4) is 16.2 Å². The van der Waals surface area contributed by atoms with Gasteiger partial charge in [-0.05, 0) is 88.3 Å². The molecule has 0 aliphatic heterocycles. The van der Waals surface area contributed by atoms with E-state index in [1.165, 1.54) is 11.3 Å². The van der Waals surface area contributed by atoms with Gasteiger partial charge in [-0.2, -0.15) is 0 Å². The number of amides is 1. The van der Waals surface area contributed by atoms with Crippen molar-refractivity contribution in [1.82, 2.24) is 10.2 Å². The van der Waals surface area contributed by atoms with Crippen LogP contribution in [0.25, 0.3) is 10.4 Å². The predicted molar refractivity (Wildman–Crippen MR) is 115 cm³/mol. The lowest BCUT2D eigenvalue weighted by atomic mass is 10.1. The summed E-state index contributed by atoms with van der Waals surface area (Å²) in [6.45, 7) is 12.4. The molecule has 0 aliphatic carbocycles. The molecule has 148 valence electrons. The Morgan fingerprint density at radius 2 is 1.81 bits per heavy atom. The van der Waals surface area contributed by atoms with E-state index in [4.69, 9.17) is 4.74 Å². The molecule has 4 nitrogen and oxygen atoms in total. The number of nitrogens with one attached hydrogen (secondary N) is 1. The van der Waals surface area contributed by atoms with E-state index in [2.05, 4.69) is 31.0 Å². The zero-order valence-corrected chi connectivity index (χ0v) is 17.8. The third-order valence-electron chi connectivity index (χ3n) is 4.66. The second kappa shape index (κ2) is 11.1. The highest BCUT2D eigenvalue weighted by Crippen LogP contribution is 2.29. The van der Waals surface area contributed by atoms with E-state index in [1.807, 2.05) is 43.3 Å². The molecule has 0 bridgehead atoms. The Morgan fingerprint density at radius 1 is 1.11 bits per heavy atom. The summed E-state index contributed by atoms with van der Waals surface area (Å²) in [5.41, 5.74) is 1.11. The van der Waals surface area contributed by atoms with Gasteiger partial charge in [-0.1, -0.05) is 13.8 Å². The van der Waals surface area contributed by atoms with Gasteiger partial charge in [-0.15, -0.1) is 11.3 Å². The van der Waals surface area contributed by atoms with E-state index >= 15 is 0 Å². The summed E-state index contributed by atoms with van der Waals surface area (Å²) in [7, 11) is 0. The predicted octanol–water partition coefficient (Wildman–Crippen LogP) is 5.05. The number of carbonyl (C=O) groups is 1. The van der Waals surface area contributed by atoms with E-state index in [0.717, 1.165) is 53.5 Å². The molecule has 0 fully saturated rings. The number of hydrogen-bond donors (Lipinski definition) is 1. The van der Waals surface area contributed by atoms with Gasteiger partial charge in [0.15, 0.2) is 0 Å². The molecule has 0 radical (unpaired) electrons. The number of carbonyl (C=O) groups excluding carboxylic acids is 1. The topological polar surface area (TPSA) is 41.6 Å². The summed E-state index contributed by atoms with van der Waals surface area (Å²) < 4.78 is 5.48. The fourth-order valence-electron chi connectivity index (χ4n) is 3.03. The number of nitrogens with zero attached hydrogens (tertiary/aromatic N) is 1. The highest BCUT2D eigenvalue weighted by Gasteiger charge is 2.13. The lowest BCUT2D eigenvalue weighted by molar-refractivity contribution is 0.0941. The van der Waals surface area contributed by atoms with Gasteiger partial charge in [-0.25, -0.2) is 0 Å². The van der Waals surface area contributed by atoms with Crippen LogP contribution in [0.2, 0.25) is 0 Å². The minimum Gasteiger partial charge on any atom is -0.494 e. The first-order chi connectivity index (χ1) is 13.1. The molecule has 1 unspecified atom stereocenters. The Morgan fingerprint density at radius 3 is 2.44 bits per heavy atom. The molecule has 5 heteroatoms. The molecule has 2 rings (SSSR count). The molecule has 0 spiro atoms. The number of ether oxygens (including phenoxy) is 1. The molecule has 27 heavy (non-hydrogen) atoms. The molecule has 1 N–H and O–H groups in total. The average Bonchev–Trinajstić information content (AvgIpc) is 3.16. The van der Waals surface area contributed by atoms with E-state index < -0.39 is 0 Å². The van der Waals surface area contributed by atoms with Crippen molar-refractivity contribution in [3.05, 3.63) is 41.3 Å². The minimum absolute atomic E-state index is 0.0209. The number of thiophene rings is 1. The van der Waals surface area contributed by atoms with Crippen LogP contribution in [0.15, 0.2) is 36.4 Å². The van der Waals surface area contributed by atoms with Gasteiger partial charge < -0.3 is 15.0 Å². The molecule has 0 aliphatic rings. The summed E-state index contributed by atoms with van der Waals surface area (Å²) in [5, 5.41) is 3.13. The first-order valence-electron chi connectivity index (χ1n) is 9.93. The summed E-state index contributed by atoms with van der Waals surface area (Å²) in [5.74, 6) is 0.891. The smallest absolute Gasteiger partial charge is 0.261 e. The summed E-state index contributed by atoms with van der Waals surface area (Å²) >= 11 is 1.53. The van der Waals surface area contributed by atoms with Crippen LogP contribution >= 0.6 is 11.3 Å². The third-order valence-corrected chi connectivity index (χ3v) is 5.80. The quantitative estimate of drug-likeness (QED) is 0.585. The molecular weight excluding hydrogens is 356 g/mol. The normalized spacial score (nSPS) is 12.2. The maximum atomic E-state index is 12.5. The van der Waals surface area contributed by atoms with Crippen molar-refractivity contribution >= 4 is 17.2 Å². The van der Waals surface area contributed by atoms with E-state index in [9.17, 15) is 4.79 Å². The highest BCUT2D eigenvalue weighted by atomic mass is 32.1. The van der Waals surface area contributed by atoms with Crippen LogP contribution in [-0.2, 0) is 0 Å². The summed E-state index contributed by atoms with van der Waals surface area (Å²) in [4.78, 5) is 16.8. The van der Waals surface area contributed by atoms with Crippen LogP contribution in [0, 0.1) is 0 Å². The first-order valence-corrected chi connectivity index (χ1v) is 10.7. The van der Waals surface area contributed by atoms with Gasteiger partial charge in [0.1, 0.15) is 5.75 Å². The zero-order chi connectivity index (χ0) is 19.6. The molecule has 1 aromatic heterocycles. The van der Waals surface area contributed by atoms with Crippen LogP contribution < -0.4 is 10.1 Å². The molecule has 1 heterocycles. The van der Waals surface area contributed by atoms with Gasteiger partial charge in [-0.3, -0.25) is 4.79 Å². The van der Waals surface area contributed by atoms with Crippen molar-refractivity contribution in [2.45, 2.75) is 46.6 Å². The van der Waals surface area contributed by atoms with Gasteiger partial charge in [0.05, 0.1) is 11.5 Å². The number of rotatable bonds is 11. The number of hydrogen-bond acceptors (Lipinski definition) is 4. The fraction of sp³-hybridized carbons (Fsp3) is 0.500. The molecule has 0 saturated carbocycles. The Kier molecular flexibility index (Phi) is 8.82. The summed E-state index contributed by atoms with van der Waals surface area (Å²) in [6.07, 6.45) is 2.10. The van der Waals surface area contributed by atoms with Crippen LogP contribution in [0.5, 0.6) is 5.75 Å². The zero-order valence-electron chi connectivity index (χ0n) is 17.0. The van der Waals surface area contributed by atoms with Crippen LogP contribution in [0.3, 0.4) is 0 Å². The maximum Gasteiger partial charge on any atom is 0.261 e. The second-order valence-corrected chi connectivity index (χ2v) is 7.75. The lowest BCUT2D eigenvalue weighted by Gasteiger charge is -2.19. The second-order valence-electron chi connectivity index (χ2n) is 6.66.